The molecule has 230 valence electrons. The van der Waals surface area contributed by atoms with Gasteiger partial charge >= 0.3 is 0 Å². The van der Waals surface area contributed by atoms with Gasteiger partial charge in [0.25, 0.3) is 11.8 Å². The maximum atomic E-state index is 14.1. The summed E-state index contributed by atoms with van der Waals surface area (Å²) in [6.45, 7) is 9.94. The van der Waals surface area contributed by atoms with Crippen molar-refractivity contribution in [3.8, 4) is 0 Å². The van der Waals surface area contributed by atoms with Crippen LogP contribution in [-0.2, 0) is 0 Å². The van der Waals surface area contributed by atoms with Gasteiger partial charge in [0.1, 0.15) is 9.98 Å². The molecule has 2 heterocycles. The van der Waals surface area contributed by atoms with Crippen molar-refractivity contribution in [2.75, 3.05) is 13.1 Å². The van der Waals surface area contributed by atoms with Crippen LogP contribution in [0.4, 0.5) is 0 Å². The molecule has 2 amide bonds. The summed E-state index contributed by atoms with van der Waals surface area (Å²) in [6.07, 6.45) is 8.73. The predicted octanol–water partition coefficient (Wildman–Crippen LogP) is 10.0. The minimum atomic E-state index is -0.0253. The number of nitrogens with zero attached hydrogens (tertiary/aromatic N) is 2. The Morgan fingerprint density at radius 3 is 1.44 bits per heavy atom. The number of carbonyl (C=O) groups is 2. The maximum Gasteiger partial charge on any atom is 0.259 e. The summed E-state index contributed by atoms with van der Waals surface area (Å²) in [5.74, 6) is 0.663. The van der Waals surface area contributed by atoms with Gasteiger partial charge in [0.2, 0.25) is 0 Å². The molecule has 0 radical (unpaired) electrons. The molecule has 7 rings (SSSR count). The van der Waals surface area contributed by atoms with Crippen LogP contribution in [0.5, 0.6) is 0 Å². The Kier molecular flexibility index (Phi) is 7.85. The summed E-state index contributed by atoms with van der Waals surface area (Å²) in [4.78, 5) is 32.6. The lowest BCUT2D eigenvalue weighted by Gasteiger charge is -2.33. The largest absolute Gasteiger partial charge is 0.298 e. The molecular weight excluding hydrogens is 593 g/mol. The van der Waals surface area contributed by atoms with Crippen molar-refractivity contribution in [1.29, 1.82) is 0 Å². The van der Waals surface area contributed by atoms with E-state index in [0.717, 1.165) is 66.2 Å². The van der Waals surface area contributed by atoms with E-state index in [1.807, 2.05) is 17.0 Å². The van der Waals surface area contributed by atoms with Gasteiger partial charge in [-0.05, 0) is 62.7 Å². The summed E-state index contributed by atoms with van der Waals surface area (Å²) in [5.41, 5.74) is 3.33. The lowest BCUT2D eigenvalue weighted by molar-refractivity contribution is 0.0827. The molecule has 2 aliphatic rings. The molecule has 1 unspecified atom stereocenters. The molecule has 45 heavy (non-hydrogen) atoms. The highest BCUT2D eigenvalue weighted by atomic mass is 32.1. The molecule has 5 aromatic rings. The number of hydrogen-bond acceptors (Lipinski definition) is 4. The molecule has 0 saturated heterocycles. The van der Waals surface area contributed by atoms with E-state index in [1.165, 1.54) is 38.5 Å². The van der Waals surface area contributed by atoms with E-state index in [-0.39, 0.29) is 11.8 Å². The smallest absolute Gasteiger partial charge is 0.259 e. The number of fused-ring (bicyclic) bond motifs is 2. The minimum Gasteiger partial charge on any atom is -0.298 e. The first-order chi connectivity index (χ1) is 21.7. The fourth-order valence-electron chi connectivity index (χ4n) is 7.74. The average Bonchev–Trinajstić information content (AvgIpc) is 3.03. The van der Waals surface area contributed by atoms with Crippen molar-refractivity contribution in [3.63, 3.8) is 0 Å². The van der Waals surface area contributed by atoms with Crippen LogP contribution < -0.4 is 0 Å². The van der Waals surface area contributed by atoms with E-state index < -0.39 is 0 Å². The second kappa shape index (κ2) is 11.7. The van der Waals surface area contributed by atoms with Gasteiger partial charge in [-0.1, -0.05) is 127 Å². The Morgan fingerprint density at radius 1 is 0.556 bits per heavy atom. The highest BCUT2D eigenvalue weighted by Crippen LogP contribution is 2.46. The zero-order valence-corrected chi connectivity index (χ0v) is 28.3. The Labute approximate surface area is 276 Å². The van der Waals surface area contributed by atoms with E-state index >= 15 is 0 Å². The molecule has 4 nitrogen and oxygen atoms in total. The summed E-state index contributed by atoms with van der Waals surface area (Å²) in [6, 6.07) is 16.6. The average molecular weight is 633 g/mol. The van der Waals surface area contributed by atoms with E-state index in [1.54, 1.807) is 4.90 Å². The molecule has 0 fully saturated rings. The molecule has 1 atom stereocenters. The van der Waals surface area contributed by atoms with Crippen LogP contribution in [0.25, 0.3) is 43.1 Å². The number of benzene rings is 5. The lowest BCUT2D eigenvalue weighted by Crippen LogP contribution is -2.42. The zero-order chi connectivity index (χ0) is 31.6. The lowest BCUT2D eigenvalue weighted by atomic mass is 9.82. The number of carbonyl (C=O) groups excluding carboxylic acids is 2. The zero-order valence-electron chi connectivity index (χ0n) is 26.7. The van der Waals surface area contributed by atoms with E-state index in [9.17, 15) is 9.59 Å². The van der Waals surface area contributed by atoms with Gasteiger partial charge in [-0.25, -0.2) is 0 Å². The van der Waals surface area contributed by atoms with Gasteiger partial charge in [0.15, 0.2) is 0 Å². The second-order valence-electron chi connectivity index (χ2n) is 13.6. The monoisotopic (exact) mass is 632 g/mol. The van der Waals surface area contributed by atoms with E-state index in [0.29, 0.717) is 40.5 Å². The molecule has 5 aromatic carbocycles. The summed E-state index contributed by atoms with van der Waals surface area (Å²) in [7, 11) is 0. The SMILES string of the molecule is CCCCCCCCC(C)CN1C(=O)c2ccc3c4ccc5c6c(ccc(c7ccc(c2c37)C1=S)c64)C(=O)N(CC(C)C)C5=S. The number of thiocarbonyl (C=S) groups is 2. The minimum absolute atomic E-state index is 0.00299. The Balaban J connectivity index is 1.30. The normalized spacial score (nSPS) is 15.7. The van der Waals surface area contributed by atoms with Crippen molar-refractivity contribution < 1.29 is 9.59 Å². The number of amides is 2. The summed E-state index contributed by atoms with van der Waals surface area (Å²) >= 11 is 12.0. The van der Waals surface area contributed by atoms with Gasteiger partial charge < -0.3 is 0 Å². The predicted molar refractivity (Wildman–Crippen MR) is 195 cm³/mol. The third-order valence-electron chi connectivity index (χ3n) is 9.90. The van der Waals surface area contributed by atoms with Crippen molar-refractivity contribution in [2.45, 2.75) is 72.6 Å². The van der Waals surface area contributed by atoms with Crippen molar-refractivity contribution >= 4 is 89.3 Å². The maximum absolute atomic E-state index is 14.1. The van der Waals surface area contributed by atoms with Crippen LogP contribution in [0.1, 0.15) is 104 Å². The van der Waals surface area contributed by atoms with Crippen molar-refractivity contribution in [1.82, 2.24) is 9.80 Å². The fourth-order valence-corrected chi connectivity index (χ4v) is 8.40. The highest BCUT2D eigenvalue weighted by molar-refractivity contribution is 7.81. The molecule has 0 N–H and O–H groups in total. The van der Waals surface area contributed by atoms with Gasteiger partial charge in [0.05, 0.1) is 0 Å². The van der Waals surface area contributed by atoms with Crippen molar-refractivity contribution in [3.05, 3.63) is 70.8 Å². The fraction of sp³-hybridized carbons (Fsp3) is 0.385. The van der Waals surface area contributed by atoms with E-state index in [2.05, 4.69) is 64.1 Å². The molecule has 0 saturated carbocycles. The van der Waals surface area contributed by atoms with Crippen LogP contribution in [-0.4, -0.2) is 44.7 Å². The third kappa shape index (κ3) is 4.75. The quantitative estimate of drug-likeness (QED) is 0.0629. The molecule has 0 aliphatic carbocycles. The van der Waals surface area contributed by atoms with Crippen LogP contribution in [0, 0.1) is 11.8 Å². The first-order valence-corrected chi connectivity index (χ1v) is 17.5. The highest BCUT2D eigenvalue weighted by Gasteiger charge is 2.35. The topological polar surface area (TPSA) is 40.6 Å². The standard InChI is InChI=1S/C39H40N2O2S2/c1-5-6-7-8-9-10-11-23(4)21-41-37(43)29-17-13-25-26-14-18-30-34-28(36(42)40(38(30)44)20-22(2)3)16-12-24(32(26)34)27-15-19-31(39(41)45)35(29)33(25)27/h12-19,22-23H,5-11,20-21H2,1-4H3. The van der Waals surface area contributed by atoms with Crippen molar-refractivity contribution in [2.24, 2.45) is 11.8 Å². The Bertz CT molecular complexity index is 1920. The molecular formula is C39H40N2O2S2. The molecule has 2 aliphatic heterocycles. The second-order valence-corrected chi connectivity index (χ2v) is 14.4. The number of hydrogen-bond donors (Lipinski definition) is 0. The molecule has 0 aromatic heterocycles. The Hall–Kier alpha value is -3.48. The number of unbranched alkanes of at least 4 members (excludes halogenated alkanes) is 5. The summed E-state index contributed by atoms with van der Waals surface area (Å²) in [5, 5.41) is 8.32. The molecule has 6 heteroatoms. The van der Waals surface area contributed by atoms with Crippen LogP contribution in [0.15, 0.2) is 48.5 Å². The van der Waals surface area contributed by atoms with Gasteiger partial charge in [-0.2, -0.15) is 0 Å². The van der Waals surface area contributed by atoms with E-state index in [4.69, 9.17) is 24.4 Å². The van der Waals surface area contributed by atoms with Gasteiger partial charge in [-0.3, -0.25) is 19.4 Å². The van der Waals surface area contributed by atoms with Crippen LogP contribution in [0.2, 0.25) is 0 Å². The molecule has 0 bridgehead atoms. The first-order valence-electron chi connectivity index (χ1n) is 16.7. The molecule has 0 spiro atoms. The van der Waals surface area contributed by atoms with Crippen LogP contribution >= 0.6 is 24.4 Å². The number of rotatable bonds is 11. The first kappa shape index (κ1) is 30.2. The summed E-state index contributed by atoms with van der Waals surface area (Å²) < 4.78 is 0. The van der Waals surface area contributed by atoms with Gasteiger partial charge in [0, 0.05) is 46.1 Å². The van der Waals surface area contributed by atoms with Crippen LogP contribution in [0.3, 0.4) is 0 Å². The Morgan fingerprint density at radius 2 is 0.978 bits per heavy atom. The third-order valence-corrected chi connectivity index (χ3v) is 10.8. The van der Waals surface area contributed by atoms with Gasteiger partial charge in [-0.15, -0.1) is 0 Å².